The first-order valence-corrected chi connectivity index (χ1v) is 8.94. The fourth-order valence-electron chi connectivity index (χ4n) is 2.58. The fourth-order valence-corrected chi connectivity index (χ4v) is 2.76. The van der Waals surface area contributed by atoms with Gasteiger partial charge in [0.05, 0.1) is 11.4 Å². The van der Waals surface area contributed by atoms with Gasteiger partial charge in [0.25, 0.3) is 5.91 Å². The van der Waals surface area contributed by atoms with Crippen LogP contribution in [0.3, 0.4) is 0 Å². The third-order valence-corrected chi connectivity index (χ3v) is 4.27. The Morgan fingerprint density at radius 2 is 1.61 bits per heavy atom. The molecule has 0 aliphatic rings. The van der Waals surface area contributed by atoms with Gasteiger partial charge in [-0.05, 0) is 34.9 Å². The number of esters is 1. The van der Waals surface area contributed by atoms with Crippen molar-refractivity contribution in [2.45, 2.75) is 6.42 Å². The maximum Gasteiger partial charge on any atom is 0.310 e. The van der Waals surface area contributed by atoms with Crippen molar-refractivity contribution in [3.63, 3.8) is 0 Å². The van der Waals surface area contributed by atoms with Crippen molar-refractivity contribution >= 4 is 29.2 Å². The van der Waals surface area contributed by atoms with Gasteiger partial charge in [-0.25, -0.2) is 4.39 Å². The Balaban J connectivity index is 1.48. The molecule has 3 aromatic rings. The molecule has 0 aromatic heterocycles. The number of amides is 1. The summed E-state index contributed by atoms with van der Waals surface area (Å²) in [6.45, 7) is -0.435. The minimum absolute atomic E-state index is 0.0602. The van der Waals surface area contributed by atoms with Gasteiger partial charge < -0.3 is 10.1 Å². The van der Waals surface area contributed by atoms with Crippen molar-refractivity contribution in [2.24, 2.45) is 0 Å². The van der Waals surface area contributed by atoms with Crippen LogP contribution in [0.4, 0.5) is 10.1 Å². The quantitative estimate of drug-likeness (QED) is 0.604. The van der Waals surface area contributed by atoms with Crippen LogP contribution in [0.15, 0.2) is 72.8 Å². The van der Waals surface area contributed by atoms with Crippen molar-refractivity contribution in [1.82, 2.24) is 0 Å². The fraction of sp³-hybridized carbons (Fsp3) is 0.0909. The first kappa shape index (κ1) is 19.6. The predicted molar refractivity (Wildman–Crippen MR) is 107 cm³/mol. The molecule has 0 aliphatic carbocycles. The zero-order valence-electron chi connectivity index (χ0n) is 14.8. The number of rotatable bonds is 6. The van der Waals surface area contributed by atoms with Crippen molar-refractivity contribution in [3.05, 3.63) is 89.2 Å². The molecule has 3 rings (SSSR count). The summed E-state index contributed by atoms with van der Waals surface area (Å²) in [4.78, 5) is 23.8. The van der Waals surface area contributed by atoms with Crippen LogP contribution in [0, 0.1) is 5.82 Å². The maximum absolute atomic E-state index is 13.1. The number of hydrogen-bond donors (Lipinski definition) is 1. The molecular weight excluding hydrogens is 381 g/mol. The molecule has 0 radical (unpaired) electrons. The highest BCUT2D eigenvalue weighted by molar-refractivity contribution is 6.31. The molecule has 0 fully saturated rings. The maximum atomic E-state index is 13.1. The first-order chi connectivity index (χ1) is 13.5. The molecular formula is C22H17ClFNO3. The highest BCUT2D eigenvalue weighted by atomic mass is 35.5. The highest BCUT2D eigenvalue weighted by Crippen LogP contribution is 2.20. The zero-order chi connectivity index (χ0) is 19.9. The van der Waals surface area contributed by atoms with Gasteiger partial charge in [0.15, 0.2) is 6.61 Å². The smallest absolute Gasteiger partial charge is 0.310 e. The van der Waals surface area contributed by atoms with E-state index in [1.54, 1.807) is 0 Å². The molecule has 0 unspecified atom stereocenters. The second-order valence-corrected chi connectivity index (χ2v) is 6.48. The van der Waals surface area contributed by atoms with E-state index in [0.29, 0.717) is 5.69 Å². The summed E-state index contributed by atoms with van der Waals surface area (Å²) in [6.07, 6.45) is 0.0602. The second kappa shape index (κ2) is 9.15. The molecule has 6 heteroatoms. The van der Waals surface area contributed by atoms with Crippen LogP contribution in [0.5, 0.6) is 0 Å². The minimum Gasteiger partial charge on any atom is -0.455 e. The number of ether oxygens (including phenoxy) is 1. The number of halogens is 2. The van der Waals surface area contributed by atoms with Crippen LogP contribution >= 0.6 is 11.6 Å². The molecule has 0 heterocycles. The molecule has 4 nitrogen and oxygen atoms in total. The van der Waals surface area contributed by atoms with E-state index in [9.17, 15) is 14.0 Å². The van der Waals surface area contributed by atoms with Gasteiger partial charge >= 0.3 is 5.97 Å². The minimum atomic E-state index is -0.579. The summed E-state index contributed by atoms with van der Waals surface area (Å²) in [6, 6.07) is 21.3. The summed E-state index contributed by atoms with van der Waals surface area (Å²) in [5.41, 5.74) is 3.25. The Bertz CT molecular complexity index is 975. The molecule has 0 atom stereocenters. The van der Waals surface area contributed by atoms with E-state index in [0.717, 1.165) is 22.8 Å². The number of anilines is 1. The molecule has 0 aliphatic heterocycles. The zero-order valence-corrected chi connectivity index (χ0v) is 15.6. The van der Waals surface area contributed by atoms with Gasteiger partial charge in [-0.3, -0.25) is 9.59 Å². The normalized spacial score (nSPS) is 10.4. The van der Waals surface area contributed by atoms with Crippen LogP contribution in [-0.2, 0) is 20.7 Å². The number of carbonyl (C=O) groups excluding carboxylic acids is 2. The number of nitrogens with one attached hydrogen (secondary N) is 1. The van der Waals surface area contributed by atoms with Crippen LogP contribution in [-0.4, -0.2) is 18.5 Å². The lowest BCUT2D eigenvalue weighted by Crippen LogP contribution is -2.21. The average molecular weight is 398 g/mol. The molecule has 1 amide bonds. The van der Waals surface area contributed by atoms with Crippen molar-refractivity contribution in [1.29, 1.82) is 0 Å². The lowest BCUT2D eigenvalue weighted by molar-refractivity contribution is -0.146. The monoisotopic (exact) mass is 397 g/mol. The molecule has 0 saturated carbocycles. The van der Waals surface area contributed by atoms with Crippen molar-refractivity contribution in [3.8, 4) is 11.1 Å². The molecule has 0 spiro atoms. The van der Waals surface area contributed by atoms with Crippen LogP contribution in [0.2, 0.25) is 5.02 Å². The Morgan fingerprint density at radius 1 is 0.929 bits per heavy atom. The van der Waals surface area contributed by atoms with Gasteiger partial charge in [0, 0.05) is 5.69 Å². The van der Waals surface area contributed by atoms with E-state index in [1.807, 2.05) is 54.6 Å². The van der Waals surface area contributed by atoms with E-state index < -0.39 is 24.3 Å². The number of hydrogen-bond acceptors (Lipinski definition) is 3. The average Bonchev–Trinajstić information content (AvgIpc) is 2.70. The van der Waals surface area contributed by atoms with Gasteiger partial charge in [0.1, 0.15) is 5.82 Å². The third-order valence-electron chi connectivity index (χ3n) is 3.98. The van der Waals surface area contributed by atoms with Gasteiger partial charge in [-0.1, -0.05) is 66.2 Å². The van der Waals surface area contributed by atoms with E-state index in [1.165, 1.54) is 12.1 Å². The van der Waals surface area contributed by atoms with E-state index in [2.05, 4.69) is 5.32 Å². The number of carbonyl (C=O) groups is 2. The van der Waals surface area contributed by atoms with Crippen LogP contribution < -0.4 is 5.32 Å². The molecule has 3 aromatic carbocycles. The van der Waals surface area contributed by atoms with Gasteiger partial charge in [-0.2, -0.15) is 0 Å². The molecule has 0 bridgehead atoms. The van der Waals surface area contributed by atoms with Gasteiger partial charge in [-0.15, -0.1) is 0 Å². The molecule has 28 heavy (non-hydrogen) atoms. The van der Waals surface area contributed by atoms with E-state index in [-0.39, 0.29) is 11.4 Å². The highest BCUT2D eigenvalue weighted by Gasteiger charge is 2.10. The Labute approximate surface area is 166 Å². The standard InChI is InChI=1S/C22H17ClFNO3/c23-19-13-18(10-11-20(19)24)25-21(26)14-28-22(27)12-15-6-8-17(9-7-15)16-4-2-1-3-5-16/h1-11,13H,12,14H2,(H,25,26). The topological polar surface area (TPSA) is 55.4 Å². The second-order valence-electron chi connectivity index (χ2n) is 6.08. The van der Waals surface area contributed by atoms with E-state index in [4.69, 9.17) is 16.3 Å². The molecule has 142 valence electrons. The Kier molecular flexibility index (Phi) is 6.40. The van der Waals surface area contributed by atoms with Crippen LogP contribution in [0.25, 0.3) is 11.1 Å². The summed E-state index contributed by atoms with van der Waals surface area (Å²) in [5, 5.41) is 2.38. The predicted octanol–water partition coefficient (Wildman–Crippen LogP) is 4.87. The molecule has 0 saturated heterocycles. The van der Waals surface area contributed by atoms with Crippen molar-refractivity contribution < 1.29 is 18.7 Å². The third kappa shape index (κ3) is 5.41. The summed E-state index contributed by atoms with van der Waals surface area (Å²) >= 11 is 5.65. The molecule has 1 N–H and O–H groups in total. The van der Waals surface area contributed by atoms with Crippen molar-refractivity contribution in [2.75, 3.05) is 11.9 Å². The van der Waals surface area contributed by atoms with Gasteiger partial charge in [0.2, 0.25) is 0 Å². The lowest BCUT2D eigenvalue weighted by Gasteiger charge is -2.08. The summed E-state index contributed by atoms with van der Waals surface area (Å²) in [7, 11) is 0. The summed E-state index contributed by atoms with van der Waals surface area (Å²) < 4.78 is 18.1. The SMILES string of the molecule is O=C(COC(=O)Cc1ccc(-c2ccccc2)cc1)Nc1ccc(F)c(Cl)c1. The first-order valence-electron chi connectivity index (χ1n) is 8.56. The Hall–Kier alpha value is -3.18. The lowest BCUT2D eigenvalue weighted by atomic mass is 10.0. The number of benzene rings is 3. The largest absolute Gasteiger partial charge is 0.455 e. The van der Waals surface area contributed by atoms with E-state index >= 15 is 0 Å². The summed E-state index contributed by atoms with van der Waals surface area (Å²) in [5.74, 6) is -1.63. The Morgan fingerprint density at radius 3 is 2.29 bits per heavy atom. The van der Waals surface area contributed by atoms with Crippen LogP contribution in [0.1, 0.15) is 5.56 Å².